The second-order valence-corrected chi connectivity index (χ2v) is 4.44. The molecular formula is C13H15N3O. The van der Waals surface area contributed by atoms with Crippen molar-refractivity contribution in [3.63, 3.8) is 0 Å². The molecule has 88 valence electrons. The first kappa shape index (κ1) is 10.5. The molecule has 17 heavy (non-hydrogen) atoms. The van der Waals surface area contributed by atoms with Gasteiger partial charge in [0.2, 0.25) is 0 Å². The molecule has 1 unspecified atom stereocenters. The van der Waals surface area contributed by atoms with E-state index in [1.54, 1.807) is 0 Å². The maximum atomic E-state index is 9.99. The van der Waals surface area contributed by atoms with Crippen LogP contribution < -0.4 is 0 Å². The van der Waals surface area contributed by atoms with Gasteiger partial charge in [-0.1, -0.05) is 30.3 Å². The van der Waals surface area contributed by atoms with Crippen molar-refractivity contribution in [3.8, 4) is 0 Å². The average Bonchev–Trinajstić information content (AvgIpc) is 2.75. The van der Waals surface area contributed by atoms with E-state index in [9.17, 15) is 5.11 Å². The fourth-order valence-electron chi connectivity index (χ4n) is 2.35. The van der Waals surface area contributed by atoms with Gasteiger partial charge >= 0.3 is 0 Å². The zero-order chi connectivity index (χ0) is 11.7. The smallest absolute Gasteiger partial charge is 0.139 e. The van der Waals surface area contributed by atoms with Crippen LogP contribution in [0.4, 0.5) is 0 Å². The Balaban J connectivity index is 1.92. The molecule has 0 amide bonds. The number of aliphatic hydroxyl groups is 1. The summed E-state index contributed by atoms with van der Waals surface area (Å²) in [6.07, 6.45) is 2.98. The van der Waals surface area contributed by atoms with E-state index in [1.807, 2.05) is 22.8 Å². The standard InChI is InChI=1S/C13H15N3O/c17-13-8-4-7-11-14-15-12(16(11)13)9-10-5-2-1-3-6-10/h1-3,5-6,13,17H,4,7-9H2. The van der Waals surface area contributed by atoms with Crippen molar-refractivity contribution in [1.82, 2.24) is 14.8 Å². The Hall–Kier alpha value is -1.68. The molecule has 1 aromatic carbocycles. The number of nitrogens with zero attached hydrogens (tertiary/aromatic N) is 3. The number of aryl methyl sites for hydroxylation is 1. The number of aromatic nitrogens is 3. The minimum absolute atomic E-state index is 0.451. The molecule has 0 spiro atoms. The third kappa shape index (κ3) is 1.96. The van der Waals surface area contributed by atoms with Gasteiger partial charge in [-0.05, 0) is 18.4 Å². The Morgan fingerprint density at radius 2 is 2.06 bits per heavy atom. The summed E-state index contributed by atoms with van der Waals surface area (Å²) in [6, 6.07) is 10.2. The van der Waals surface area contributed by atoms with Gasteiger partial charge in [0.25, 0.3) is 0 Å². The lowest BCUT2D eigenvalue weighted by atomic mass is 10.1. The highest BCUT2D eigenvalue weighted by Gasteiger charge is 2.22. The van der Waals surface area contributed by atoms with Crippen LogP contribution in [0.1, 0.15) is 36.3 Å². The lowest BCUT2D eigenvalue weighted by molar-refractivity contribution is 0.0753. The molecule has 1 aliphatic rings. The Bertz CT molecular complexity index is 507. The summed E-state index contributed by atoms with van der Waals surface area (Å²) >= 11 is 0. The van der Waals surface area contributed by atoms with Crippen molar-refractivity contribution in [2.75, 3.05) is 0 Å². The van der Waals surface area contributed by atoms with Gasteiger partial charge < -0.3 is 5.11 Å². The van der Waals surface area contributed by atoms with Crippen LogP contribution in [0.15, 0.2) is 30.3 Å². The van der Waals surface area contributed by atoms with Crippen LogP contribution in [0.2, 0.25) is 0 Å². The van der Waals surface area contributed by atoms with Gasteiger partial charge in [-0.25, -0.2) is 0 Å². The largest absolute Gasteiger partial charge is 0.373 e. The highest BCUT2D eigenvalue weighted by atomic mass is 16.3. The molecule has 4 nitrogen and oxygen atoms in total. The molecule has 0 fully saturated rings. The normalized spacial score (nSPS) is 19.0. The van der Waals surface area contributed by atoms with Gasteiger partial charge in [-0.3, -0.25) is 4.57 Å². The van der Waals surface area contributed by atoms with E-state index >= 15 is 0 Å². The summed E-state index contributed by atoms with van der Waals surface area (Å²) in [6.45, 7) is 0. The fourth-order valence-corrected chi connectivity index (χ4v) is 2.35. The molecule has 1 aromatic heterocycles. The third-order valence-corrected chi connectivity index (χ3v) is 3.20. The monoisotopic (exact) mass is 229 g/mol. The molecule has 1 N–H and O–H groups in total. The first-order valence-corrected chi connectivity index (χ1v) is 5.99. The second-order valence-electron chi connectivity index (χ2n) is 4.44. The van der Waals surface area contributed by atoms with Gasteiger partial charge in [0, 0.05) is 12.8 Å². The zero-order valence-electron chi connectivity index (χ0n) is 9.58. The van der Waals surface area contributed by atoms with Gasteiger partial charge in [0.15, 0.2) is 0 Å². The van der Waals surface area contributed by atoms with E-state index in [0.29, 0.717) is 0 Å². The van der Waals surface area contributed by atoms with Crippen LogP contribution in [0.25, 0.3) is 0 Å². The Morgan fingerprint density at radius 1 is 1.24 bits per heavy atom. The summed E-state index contributed by atoms with van der Waals surface area (Å²) in [5.74, 6) is 1.77. The van der Waals surface area contributed by atoms with Crippen LogP contribution in [-0.2, 0) is 12.8 Å². The van der Waals surface area contributed by atoms with Crippen molar-refractivity contribution in [1.29, 1.82) is 0 Å². The van der Waals surface area contributed by atoms with Crippen molar-refractivity contribution in [2.24, 2.45) is 0 Å². The zero-order valence-corrected chi connectivity index (χ0v) is 9.58. The van der Waals surface area contributed by atoms with Crippen LogP contribution in [-0.4, -0.2) is 19.9 Å². The molecule has 2 heterocycles. The van der Waals surface area contributed by atoms with E-state index < -0.39 is 6.23 Å². The summed E-state index contributed by atoms with van der Waals surface area (Å²) < 4.78 is 1.89. The van der Waals surface area contributed by atoms with E-state index in [0.717, 1.165) is 37.3 Å². The third-order valence-electron chi connectivity index (χ3n) is 3.20. The van der Waals surface area contributed by atoms with Gasteiger partial charge in [0.05, 0.1) is 0 Å². The summed E-state index contributed by atoms with van der Waals surface area (Å²) in [7, 11) is 0. The molecular weight excluding hydrogens is 214 g/mol. The predicted octanol–water partition coefficient (Wildman–Crippen LogP) is 1.70. The molecule has 4 heteroatoms. The number of aliphatic hydroxyl groups excluding tert-OH is 1. The molecule has 0 saturated heterocycles. The van der Waals surface area contributed by atoms with Gasteiger partial charge in [-0.2, -0.15) is 0 Å². The predicted molar refractivity (Wildman–Crippen MR) is 63.5 cm³/mol. The van der Waals surface area contributed by atoms with Crippen molar-refractivity contribution in [3.05, 3.63) is 47.5 Å². The number of benzene rings is 1. The summed E-state index contributed by atoms with van der Waals surface area (Å²) in [5.41, 5.74) is 1.19. The first-order valence-electron chi connectivity index (χ1n) is 5.99. The van der Waals surface area contributed by atoms with Gasteiger partial charge in [-0.15, -0.1) is 10.2 Å². The fraction of sp³-hybridized carbons (Fsp3) is 0.385. The minimum atomic E-state index is -0.451. The molecule has 1 aliphatic heterocycles. The molecule has 0 saturated carbocycles. The summed E-state index contributed by atoms with van der Waals surface area (Å²) in [5, 5.41) is 18.3. The van der Waals surface area contributed by atoms with Gasteiger partial charge in [0.1, 0.15) is 17.9 Å². The van der Waals surface area contributed by atoms with E-state index in [4.69, 9.17) is 0 Å². The topological polar surface area (TPSA) is 50.9 Å². The van der Waals surface area contributed by atoms with Crippen molar-refractivity contribution in [2.45, 2.75) is 31.9 Å². The lowest BCUT2D eigenvalue weighted by Gasteiger charge is -2.21. The van der Waals surface area contributed by atoms with Crippen molar-refractivity contribution >= 4 is 0 Å². The maximum Gasteiger partial charge on any atom is 0.139 e. The second kappa shape index (κ2) is 4.30. The van der Waals surface area contributed by atoms with Crippen LogP contribution in [0.3, 0.4) is 0 Å². The Morgan fingerprint density at radius 3 is 2.88 bits per heavy atom. The van der Waals surface area contributed by atoms with Crippen LogP contribution in [0.5, 0.6) is 0 Å². The number of hydrogen-bond donors (Lipinski definition) is 1. The molecule has 2 aromatic rings. The molecule has 0 aliphatic carbocycles. The highest BCUT2D eigenvalue weighted by molar-refractivity contribution is 5.19. The lowest BCUT2D eigenvalue weighted by Crippen LogP contribution is -2.19. The van der Waals surface area contributed by atoms with Crippen LogP contribution in [0, 0.1) is 0 Å². The Labute approximate surface area is 99.9 Å². The highest BCUT2D eigenvalue weighted by Crippen LogP contribution is 2.23. The van der Waals surface area contributed by atoms with Crippen LogP contribution >= 0.6 is 0 Å². The maximum absolute atomic E-state index is 9.99. The molecule has 0 bridgehead atoms. The van der Waals surface area contributed by atoms with E-state index in [1.165, 1.54) is 5.56 Å². The van der Waals surface area contributed by atoms with E-state index in [2.05, 4.69) is 22.3 Å². The minimum Gasteiger partial charge on any atom is -0.373 e. The molecule has 0 radical (unpaired) electrons. The first-order chi connectivity index (χ1) is 8.34. The average molecular weight is 229 g/mol. The number of fused-ring (bicyclic) bond motifs is 1. The Kier molecular flexibility index (Phi) is 2.65. The SMILES string of the molecule is OC1CCCc2nnc(Cc3ccccc3)n21. The number of rotatable bonds is 2. The summed E-state index contributed by atoms with van der Waals surface area (Å²) in [4.78, 5) is 0. The van der Waals surface area contributed by atoms with Crippen molar-refractivity contribution < 1.29 is 5.11 Å². The van der Waals surface area contributed by atoms with E-state index in [-0.39, 0.29) is 0 Å². The molecule has 3 rings (SSSR count). The number of hydrogen-bond acceptors (Lipinski definition) is 3. The molecule has 1 atom stereocenters. The quantitative estimate of drug-likeness (QED) is 0.852.